The second kappa shape index (κ2) is 15.3. The number of ether oxygens (including phenoxy) is 1. The SMILES string of the molecule is CCCCCCCCC(O)C(Cl)CC=CC=CC(O)CC(=O)NC1=CC(C)(CC)OC1=O. The first kappa shape index (κ1) is 28.4. The van der Waals surface area contributed by atoms with Crippen molar-refractivity contribution in [2.75, 3.05) is 0 Å². The Hall–Kier alpha value is -1.63. The maximum absolute atomic E-state index is 12.1. The van der Waals surface area contributed by atoms with Crippen LogP contribution in [0.1, 0.15) is 85.0 Å². The quantitative estimate of drug-likeness (QED) is 0.132. The summed E-state index contributed by atoms with van der Waals surface area (Å²) in [6.45, 7) is 5.85. The van der Waals surface area contributed by atoms with E-state index in [1.807, 2.05) is 13.0 Å². The molecule has 1 aliphatic heterocycles. The number of esters is 1. The first-order chi connectivity index (χ1) is 15.2. The number of halogens is 1. The molecule has 1 aliphatic rings. The summed E-state index contributed by atoms with van der Waals surface area (Å²) in [5, 5.41) is 22.3. The number of nitrogens with one attached hydrogen (secondary N) is 1. The van der Waals surface area contributed by atoms with Crippen LogP contribution in [-0.2, 0) is 14.3 Å². The zero-order valence-corrected chi connectivity index (χ0v) is 20.4. The minimum Gasteiger partial charge on any atom is -0.450 e. The molecule has 0 saturated heterocycles. The molecule has 0 aliphatic carbocycles. The molecule has 1 heterocycles. The Morgan fingerprint density at radius 2 is 1.88 bits per heavy atom. The summed E-state index contributed by atoms with van der Waals surface area (Å²) >= 11 is 6.26. The molecule has 3 N–H and O–H groups in total. The van der Waals surface area contributed by atoms with Crippen LogP contribution in [0.5, 0.6) is 0 Å². The molecule has 1 rings (SSSR count). The molecule has 4 atom stereocenters. The molecule has 0 spiro atoms. The highest BCUT2D eigenvalue weighted by atomic mass is 35.5. The number of aliphatic hydroxyl groups is 2. The van der Waals surface area contributed by atoms with Crippen LogP contribution in [0.3, 0.4) is 0 Å². The van der Waals surface area contributed by atoms with Gasteiger partial charge in [-0.1, -0.05) is 76.7 Å². The largest absolute Gasteiger partial charge is 0.450 e. The minimum atomic E-state index is -0.986. The van der Waals surface area contributed by atoms with E-state index in [0.29, 0.717) is 19.3 Å². The molecule has 0 aromatic rings. The normalized spacial score (nSPS) is 21.6. The van der Waals surface area contributed by atoms with Crippen molar-refractivity contribution in [1.29, 1.82) is 0 Å². The van der Waals surface area contributed by atoms with Crippen molar-refractivity contribution >= 4 is 23.5 Å². The number of carbonyl (C=O) groups excluding carboxylic acids is 2. The first-order valence-corrected chi connectivity index (χ1v) is 12.2. The molecule has 6 nitrogen and oxygen atoms in total. The number of hydrogen-bond donors (Lipinski definition) is 3. The van der Waals surface area contributed by atoms with Crippen molar-refractivity contribution in [3.8, 4) is 0 Å². The zero-order chi connectivity index (χ0) is 24.0. The van der Waals surface area contributed by atoms with Crippen molar-refractivity contribution in [3.05, 3.63) is 36.1 Å². The summed E-state index contributed by atoms with van der Waals surface area (Å²) in [5.41, 5.74) is -0.589. The third kappa shape index (κ3) is 11.3. The smallest absolute Gasteiger partial charge is 0.355 e. The highest BCUT2D eigenvalue weighted by Gasteiger charge is 2.35. The van der Waals surface area contributed by atoms with Crippen LogP contribution >= 0.6 is 11.6 Å². The molecule has 4 unspecified atom stereocenters. The van der Waals surface area contributed by atoms with Gasteiger partial charge < -0.3 is 20.3 Å². The van der Waals surface area contributed by atoms with Gasteiger partial charge in [-0.2, -0.15) is 0 Å². The second-order valence-corrected chi connectivity index (χ2v) is 9.18. The summed E-state index contributed by atoms with van der Waals surface area (Å²) < 4.78 is 5.23. The summed E-state index contributed by atoms with van der Waals surface area (Å²) in [4.78, 5) is 23.9. The Labute approximate surface area is 197 Å². The number of allylic oxidation sites excluding steroid dienone is 3. The molecule has 32 heavy (non-hydrogen) atoms. The molecule has 0 radical (unpaired) electrons. The third-order valence-corrected chi connectivity index (χ3v) is 6.05. The third-order valence-electron chi connectivity index (χ3n) is 5.58. The van der Waals surface area contributed by atoms with Gasteiger partial charge in [0.2, 0.25) is 5.91 Å². The van der Waals surface area contributed by atoms with Crippen LogP contribution in [0.15, 0.2) is 36.1 Å². The van der Waals surface area contributed by atoms with E-state index >= 15 is 0 Å². The highest BCUT2D eigenvalue weighted by Crippen LogP contribution is 2.26. The molecule has 0 aromatic carbocycles. The zero-order valence-electron chi connectivity index (χ0n) is 19.7. The van der Waals surface area contributed by atoms with Gasteiger partial charge in [-0.15, -0.1) is 11.6 Å². The number of rotatable bonds is 16. The van der Waals surface area contributed by atoms with Crippen LogP contribution < -0.4 is 5.32 Å². The average molecular weight is 470 g/mol. The number of amides is 1. The van der Waals surface area contributed by atoms with E-state index in [4.69, 9.17) is 16.3 Å². The fourth-order valence-electron chi connectivity index (χ4n) is 3.33. The monoisotopic (exact) mass is 469 g/mol. The summed E-state index contributed by atoms with van der Waals surface area (Å²) in [7, 11) is 0. The Morgan fingerprint density at radius 1 is 1.19 bits per heavy atom. The van der Waals surface area contributed by atoms with Gasteiger partial charge in [-0.25, -0.2) is 4.79 Å². The topological polar surface area (TPSA) is 95.9 Å². The van der Waals surface area contributed by atoms with E-state index in [2.05, 4.69) is 12.2 Å². The Kier molecular flexibility index (Phi) is 13.5. The van der Waals surface area contributed by atoms with Crippen molar-refractivity contribution < 1.29 is 24.5 Å². The van der Waals surface area contributed by atoms with Crippen molar-refractivity contribution in [2.24, 2.45) is 0 Å². The maximum atomic E-state index is 12.1. The molecule has 0 aromatic heterocycles. The van der Waals surface area contributed by atoms with Gasteiger partial charge in [-0.3, -0.25) is 4.79 Å². The molecule has 7 heteroatoms. The number of cyclic esters (lactones) is 1. The van der Waals surface area contributed by atoms with E-state index in [9.17, 15) is 19.8 Å². The Morgan fingerprint density at radius 3 is 2.53 bits per heavy atom. The van der Waals surface area contributed by atoms with Gasteiger partial charge in [0.25, 0.3) is 0 Å². The second-order valence-electron chi connectivity index (χ2n) is 8.62. The van der Waals surface area contributed by atoms with E-state index < -0.39 is 29.7 Å². The summed E-state index contributed by atoms with van der Waals surface area (Å²) in [5.74, 6) is -1.03. The number of carbonyl (C=O) groups is 2. The first-order valence-electron chi connectivity index (χ1n) is 11.8. The van der Waals surface area contributed by atoms with Gasteiger partial charge in [0.05, 0.1) is 24.0 Å². The number of aliphatic hydroxyl groups excluding tert-OH is 2. The van der Waals surface area contributed by atoms with Crippen LogP contribution in [0.25, 0.3) is 0 Å². The molecular formula is C25H40ClNO5. The van der Waals surface area contributed by atoms with Crippen molar-refractivity contribution in [1.82, 2.24) is 5.32 Å². The van der Waals surface area contributed by atoms with Gasteiger partial charge in [0.15, 0.2) is 0 Å². The number of hydrogen-bond acceptors (Lipinski definition) is 5. The van der Waals surface area contributed by atoms with E-state index in [0.717, 1.165) is 12.8 Å². The summed E-state index contributed by atoms with van der Waals surface area (Å²) in [6, 6.07) is 0. The predicted octanol–water partition coefficient (Wildman–Crippen LogP) is 4.68. The number of unbranched alkanes of at least 4 members (excludes halogenated alkanes) is 5. The predicted molar refractivity (Wildman–Crippen MR) is 128 cm³/mol. The number of alkyl halides is 1. The minimum absolute atomic E-state index is 0.114. The Bertz CT molecular complexity index is 675. The van der Waals surface area contributed by atoms with Gasteiger partial charge in [0, 0.05) is 0 Å². The van der Waals surface area contributed by atoms with Crippen LogP contribution in [0.4, 0.5) is 0 Å². The lowest BCUT2D eigenvalue weighted by Gasteiger charge is -2.17. The van der Waals surface area contributed by atoms with E-state index in [1.54, 1.807) is 25.2 Å². The lowest BCUT2D eigenvalue weighted by atomic mass is 10.0. The lowest BCUT2D eigenvalue weighted by Crippen LogP contribution is -2.28. The molecule has 0 saturated carbocycles. The standard InChI is InChI=1S/C25H40ClNO5/c1-4-6-7-8-9-13-16-22(29)20(26)15-12-10-11-14-19(28)17-23(30)27-21-18-25(3,5-2)32-24(21)31/h10-12,14,18-20,22,28-29H,4-9,13,15-17H2,1-3H3,(H,27,30). The average Bonchev–Trinajstić information content (AvgIpc) is 3.03. The van der Waals surface area contributed by atoms with Crippen molar-refractivity contribution in [2.45, 2.75) is 108 Å². The van der Waals surface area contributed by atoms with E-state index in [-0.39, 0.29) is 17.5 Å². The maximum Gasteiger partial charge on any atom is 0.355 e. The fourth-order valence-corrected chi connectivity index (χ4v) is 3.56. The van der Waals surface area contributed by atoms with Crippen LogP contribution in [0.2, 0.25) is 0 Å². The molecular weight excluding hydrogens is 430 g/mol. The van der Waals surface area contributed by atoms with Gasteiger partial charge in [0.1, 0.15) is 11.3 Å². The Balaban J connectivity index is 2.26. The lowest BCUT2D eigenvalue weighted by molar-refractivity contribution is -0.146. The highest BCUT2D eigenvalue weighted by molar-refractivity contribution is 6.21. The van der Waals surface area contributed by atoms with Crippen LogP contribution in [-0.4, -0.2) is 45.3 Å². The van der Waals surface area contributed by atoms with Crippen LogP contribution in [0, 0.1) is 0 Å². The molecule has 0 bridgehead atoms. The molecule has 1 amide bonds. The molecule has 182 valence electrons. The van der Waals surface area contributed by atoms with E-state index in [1.165, 1.54) is 31.8 Å². The van der Waals surface area contributed by atoms with Crippen molar-refractivity contribution in [3.63, 3.8) is 0 Å². The molecule has 0 fully saturated rings. The van der Waals surface area contributed by atoms with Gasteiger partial charge in [-0.05, 0) is 32.3 Å². The van der Waals surface area contributed by atoms with Gasteiger partial charge >= 0.3 is 5.97 Å². The fraction of sp³-hybridized carbons (Fsp3) is 0.680. The summed E-state index contributed by atoms with van der Waals surface area (Å²) in [6.07, 6.45) is 15.5.